The van der Waals surface area contributed by atoms with Crippen molar-refractivity contribution < 1.29 is 0 Å². The second kappa shape index (κ2) is 4.90. The Morgan fingerprint density at radius 2 is 2.41 bits per heavy atom. The van der Waals surface area contributed by atoms with Crippen molar-refractivity contribution in [2.75, 3.05) is 31.2 Å². The average Bonchev–Trinajstić information content (AvgIpc) is 2.63. The number of hydrogen-bond donors (Lipinski definition) is 2. The zero-order valence-electron chi connectivity index (χ0n) is 10.1. The summed E-state index contributed by atoms with van der Waals surface area (Å²) in [5, 5.41) is 13.2. The van der Waals surface area contributed by atoms with E-state index >= 15 is 0 Å². The average molecular weight is 251 g/mol. The number of likely N-dealkylation sites (tertiary alicyclic amines) is 1. The van der Waals surface area contributed by atoms with Crippen LogP contribution in [0.5, 0.6) is 0 Å². The molecule has 1 aromatic heterocycles. The molecule has 0 aromatic carbocycles. The van der Waals surface area contributed by atoms with Gasteiger partial charge in [0.1, 0.15) is 16.6 Å². The van der Waals surface area contributed by atoms with Gasteiger partial charge in [-0.15, -0.1) is 0 Å². The molecule has 0 radical (unpaired) electrons. The molecule has 92 valence electrons. The third-order valence-corrected chi connectivity index (χ3v) is 4.05. The molecule has 2 heterocycles. The summed E-state index contributed by atoms with van der Waals surface area (Å²) in [4.78, 5) is 2.33. The Hall–Kier alpha value is -1.32. The molecule has 1 saturated heterocycles. The predicted molar refractivity (Wildman–Crippen MR) is 69.9 cm³/mol. The summed E-state index contributed by atoms with van der Waals surface area (Å²) in [7, 11) is 2.14. The Morgan fingerprint density at radius 3 is 3.06 bits per heavy atom. The molecule has 0 spiro atoms. The van der Waals surface area contributed by atoms with Gasteiger partial charge >= 0.3 is 0 Å². The highest BCUT2D eigenvalue weighted by Crippen LogP contribution is 2.29. The van der Waals surface area contributed by atoms with Crippen LogP contribution in [0.25, 0.3) is 0 Å². The summed E-state index contributed by atoms with van der Waals surface area (Å²) in [6.45, 7) is 4.38. The van der Waals surface area contributed by atoms with E-state index in [9.17, 15) is 0 Å². The van der Waals surface area contributed by atoms with Crippen LogP contribution in [0.2, 0.25) is 0 Å². The smallest absolute Gasteiger partial charge is 0.157 e. The van der Waals surface area contributed by atoms with Gasteiger partial charge in [-0.1, -0.05) is 6.92 Å². The van der Waals surface area contributed by atoms with Gasteiger partial charge in [-0.2, -0.15) is 9.64 Å². The topological polar surface area (TPSA) is 78.0 Å². The molecule has 1 aromatic rings. The van der Waals surface area contributed by atoms with Crippen LogP contribution >= 0.6 is 11.5 Å². The fourth-order valence-corrected chi connectivity index (χ4v) is 2.97. The van der Waals surface area contributed by atoms with E-state index in [1.807, 2.05) is 0 Å². The molecule has 2 atom stereocenters. The lowest BCUT2D eigenvalue weighted by molar-refractivity contribution is 0.206. The molecule has 3 N–H and O–H groups in total. The Bertz CT molecular complexity index is 436. The number of nitrogens with two attached hydrogens (primary N) is 1. The van der Waals surface area contributed by atoms with Crippen LogP contribution in [-0.2, 0) is 0 Å². The summed E-state index contributed by atoms with van der Waals surface area (Å²) in [6.07, 6.45) is 1.08. The van der Waals surface area contributed by atoms with Crippen molar-refractivity contribution in [1.29, 1.82) is 5.26 Å². The van der Waals surface area contributed by atoms with Gasteiger partial charge in [-0.05, 0) is 37.5 Å². The predicted octanol–water partition coefficient (Wildman–Crippen LogP) is 1.35. The minimum absolute atomic E-state index is 0.334. The fourth-order valence-electron chi connectivity index (χ4n) is 2.25. The largest absolute Gasteiger partial charge is 0.382 e. The van der Waals surface area contributed by atoms with Gasteiger partial charge in [-0.25, -0.2) is 0 Å². The maximum atomic E-state index is 9.01. The summed E-state index contributed by atoms with van der Waals surface area (Å²) in [5.41, 5.74) is 6.13. The number of nitrogens with zero attached hydrogens (tertiary/aromatic N) is 3. The number of aromatic nitrogens is 1. The van der Waals surface area contributed by atoms with E-state index in [1.165, 1.54) is 11.5 Å². The first-order valence-corrected chi connectivity index (χ1v) is 6.49. The van der Waals surface area contributed by atoms with Crippen molar-refractivity contribution in [2.24, 2.45) is 5.92 Å². The Balaban J connectivity index is 2.08. The highest BCUT2D eigenvalue weighted by atomic mass is 32.1. The van der Waals surface area contributed by atoms with Crippen LogP contribution in [0.3, 0.4) is 0 Å². The summed E-state index contributed by atoms with van der Waals surface area (Å²) in [5.74, 6) is 0.893. The van der Waals surface area contributed by atoms with Gasteiger partial charge in [0.2, 0.25) is 0 Å². The Kier molecular flexibility index (Phi) is 3.50. The number of rotatable bonds is 2. The van der Waals surface area contributed by atoms with Gasteiger partial charge < -0.3 is 16.0 Å². The Labute approximate surface area is 105 Å². The van der Waals surface area contributed by atoms with E-state index in [4.69, 9.17) is 11.0 Å². The van der Waals surface area contributed by atoms with Gasteiger partial charge in [-0.3, -0.25) is 0 Å². The third kappa shape index (κ3) is 2.51. The first-order valence-electron chi connectivity index (χ1n) is 5.72. The van der Waals surface area contributed by atoms with Crippen LogP contribution in [0, 0.1) is 17.2 Å². The molecule has 0 aliphatic carbocycles. The van der Waals surface area contributed by atoms with Crippen LogP contribution < -0.4 is 11.1 Å². The highest BCUT2D eigenvalue weighted by molar-refractivity contribution is 7.10. The minimum Gasteiger partial charge on any atom is -0.382 e. The number of piperidine rings is 1. The third-order valence-electron chi connectivity index (χ3n) is 3.26. The lowest BCUT2D eigenvalue weighted by Gasteiger charge is -2.35. The number of nitriles is 1. The van der Waals surface area contributed by atoms with Crippen molar-refractivity contribution in [1.82, 2.24) is 9.27 Å². The van der Waals surface area contributed by atoms with Crippen LogP contribution in [0.15, 0.2) is 0 Å². The SMILES string of the molecule is CC1CN(C)CCC1Nc1snc(N)c1C#N. The fraction of sp³-hybridized carbons (Fsp3) is 0.636. The van der Waals surface area contributed by atoms with Gasteiger partial charge in [0.25, 0.3) is 0 Å². The van der Waals surface area contributed by atoms with E-state index in [0.29, 0.717) is 23.3 Å². The normalized spacial score (nSPS) is 25.5. The van der Waals surface area contributed by atoms with Crippen molar-refractivity contribution in [3.63, 3.8) is 0 Å². The molecule has 1 fully saturated rings. The van der Waals surface area contributed by atoms with Crippen molar-refractivity contribution in [2.45, 2.75) is 19.4 Å². The summed E-state index contributed by atoms with van der Waals surface area (Å²) < 4.78 is 4.02. The van der Waals surface area contributed by atoms with Gasteiger partial charge in [0.05, 0.1) is 0 Å². The molecule has 2 rings (SSSR count). The van der Waals surface area contributed by atoms with Crippen LogP contribution in [0.4, 0.5) is 10.8 Å². The van der Waals surface area contributed by atoms with Crippen molar-refractivity contribution >= 4 is 22.4 Å². The molecule has 2 unspecified atom stereocenters. The Morgan fingerprint density at radius 1 is 1.65 bits per heavy atom. The number of nitrogen functional groups attached to an aromatic ring is 1. The van der Waals surface area contributed by atoms with Crippen molar-refractivity contribution in [3.05, 3.63) is 5.56 Å². The van der Waals surface area contributed by atoms with E-state index in [2.05, 4.69) is 34.6 Å². The number of nitrogens with one attached hydrogen (secondary N) is 1. The maximum absolute atomic E-state index is 9.01. The van der Waals surface area contributed by atoms with E-state index in [1.54, 1.807) is 0 Å². The van der Waals surface area contributed by atoms with Crippen LogP contribution in [-0.4, -0.2) is 35.5 Å². The first-order chi connectivity index (χ1) is 8.11. The summed E-state index contributed by atoms with van der Waals surface area (Å²) >= 11 is 1.28. The second-order valence-electron chi connectivity index (χ2n) is 4.66. The molecule has 0 bridgehead atoms. The molecule has 1 aliphatic heterocycles. The van der Waals surface area contributed by atoms with Gasteiger partial charge in [0, 0.05) is 12.6 Å². The molecular weight excluding hydrogens is 234 g/mol. The zero-order valence-corrected chi connectivity index (χ0v) is 10.9. The molecule has 0 saturated carbocycles. The van der Waals surface area contributed by atoms with E-state index < -0.39 is 0 Å². The standard InChI is InChI=1S/C11H17N5S/c1-7-6-16(2)4-3-9(7)14-11-8(5-12)10(13)15-17-11/h7,9,14H,3-4,6H2,1-2H3,(H2,13,15). The van der Waals surface area contributed by atoms with Crippen molar-refractivity contribution in [3.8, 4) is 6.07 Å². The van der Waals surface area contributed by atoms with E-state index in [-0.39, 0.29) is 0 Å². The molecular formula is C11H17N5S. The second-order valence-corrected chi connectivity index (χ2v) is 5.44. The zero-order chi connectivity index (χ0) is 12.4. The first kappa shape index (κ1) is 12.1. The highest BCUT2D eigenvalue weighted by Gasteiger charge is 2.25. The monoisotopic (exact) mass is 251 g/mol. The summed E-state index contributed by atoms with van der Waals surface area (Å²) in [6, 6.07) is 2.51. The molecule has 6 heteroatoms. The van der Waals surface area contributed by atoms with Crippen LogP contribution in [0.1, 0.15) is 18.9 Å². The molecule has 1 aliphatic rings. The maximum Gasteiger partial charge on any atom is 0.157 e. The van der Waals surface area contributed by atoms with E-state index in [0.717, 1.165) is 24.5 Å². The molecule has 5 nitrogen and oxygen atoms in total. The minimum atomic E-state index is 0.334. The molecule has 0 amide bonds. The molecule has 17 heavy (non-hydrogen) atoms. The van der Waals surface area contributed by atoms with Gasteiger partial charge in [0.15, 0.2) is 5.82 Å². The number of anilines is 2. The lowest BCUT2D eigenvalue weighted by Crippen LogP contribution is -2.43. The quantitative estimate of drug-likeness (QED) is 0.829. The number of hydrogen-bond acceptors (Lipinski definition) is 6. The lowest BCUT2D eigenvalue weighted by atomic mass is 9.94.